The maximum atomic E-state index is 12.0. The standard InChI is InChI=1S/C22H35ClN4O/c1-17-5-4-6-20(21(17)23)27-15-13-26(14-16-27)12-11-18-7-9-19(10-8-18)24-22(28)25(2)3/h4-6,18-19H,7-16H2,1-3H3,(H,24,28)/t18-,19-/i4D,5D,6D,12D2,13D2,14D2,15D2,16D2. The van der Waals surface area contributed by atoms with Gasteiger partial charge in [0.25, 0.3) is 0 Å². The number of halogens is 1. The molecule has 1 aromatic carbocycles. The Balaban J connectivity index is 2.02. The first-order valence-electron chi connectivity index (χ1n) is 15.8. The molecule has 1 N–H and O–H groups in total. The van der Waals surface area contributed by atoms with Gasteiger partial charge in [0.1, 0.15) is 0 Å². The first-order valence-corrected chi connectivity index (χ1v) is 9.66. The van der Waals surface area contributed by atoms with E-state index >= 15 is 0 Å². The minimum Gasteiger partial charge on any atom is -0.368 e. The molecule has 5 nitrogen and oxygen atoms in total. The number of nitrogens with zero attached hydrogens (tertiary/aromatic N) is 3. The van der Waals surface area contributed by atoms with Gasteiger partial charge in [-0.2, -0.15) is 0 Å². The molecule has 156 valence electrons. The third kappa shape index (κ3) is 5.54. The molecule has 1 saturated carbocycles. The van der Waals surface area contributed by atoms with E-state index < -0.39 is 67.7 Å². The number of rotatable bonds is 5. The predicted molar refractivity (Wildman–Crippen MR) is 117 cm³/mol. The van der Waals surface area contributed by atoms with E-state index in [1.165, 1.54) is 11.8 Å². The quantitative estimate of drug-likeness (QED) is 0.784. The number of carbonyl (C=O) groups is 1. The van der Waals surface area contributed by atoms with Gasteiger partial charge < -0.3 is 15.1 Å². The number of hydrogen-bond acceptors (Lipinski definition) is 3. The van der Waals surface area contributed by atoms with E-state index in [9.17, 15) is 4.79 Å². The highest BCUT2D eigenvalue weighted by Crippen LogP contribution is 2.30. The summed E-state index contributed by atoms with van der Waals surface area (Å²) in [4.78, 5) is 13.4. The van der Waals surface area contributed by atoms with E-state index in [1.807, 2.05) is 0 Å². The summed E-state index contributed by atoms with van der Waals surface area (Å²) in [5.74, 6) is -0.383. The van der Waals surface area contributed by atoms with Gasteiger partial charge in [-0.25, -0.2) is 4.79 Å². The van der Waals surface area contributed by atoms with Crippen LogP contribution in [-0.4, -0.2) is 68.5 Å². The molecule has 0 bridgehead atoms. The molecule has 1 aliphatic heterocycles. The first-order chi connectivity index (χ1) is 18.4. The summed E-state index contributed by atoms with van der Waals surface area (Å²) >= 11 is 6.31. The maximum absolute atomic E-state index is 12.0. The number of carbonyl (C=O) groups excluding carboxylic acids is 1. The Kier molecular flexibility index (Phi) is 3.52. The number of urea groups is 1. The van der Waals surface area contributed by atoms with Gasteiger partial charge in [-0.15, -0.1) is 0 Å². The van der Waals surface area contributed by atoms with Crippen LogP contribution in [0, 0.1) is 12.8 Å². The Morgan fingerprint density at radius 2 is 1.96 bits per heavy atom. The smallest absolute Gasteiger partial charge is 0.317 e. The minimum atomic E-state index is -3.52. The number of benzene rings is 1. The zero-order chi connectivity index (χ0) is 31.7. The van der Waals surface area contributed by atoms with Crippen LogP contribution < -0.4 is 10.2 Å². The highest BCUT2D eigenvalue weighted by Gasteiger charge is 2.24. The Bertz CT molecular complexity index is 1130. The van der Waals surface area contributed by atoms with Gasteiger partial charge in [-0.3, -0.25) is 4.90 Å². The lowest BCUT2D eigenvalue weighted by Gasteiger charge is -2.37. The van der Waals surface area contributed by atoms with Gasteiger partial charge in [0.05, 0.1) is 20.3 Å². The van der Waals surface area contributed by atoms with Crippen LogP contribution in [0.5, 0.6) is 0 Å². The molecule has 0 radical (unpaired) electrons. The van der Waals surface area contributed by atoms with Gasteiger partial charge in [0.15, 0.2) is 0 Å². The van der Waals surface area contributed by atoms with Crippen LogP contribution in [0.3, 0.4) is 0 Å². The Labute approximate surface area is 193 Å². The van der Waals surface area contributed by atoms with Crippen LogP contribution in [0.4, 0.5) is 10.5 Å². The van der Waals surface area contributed by atoms with Crippen LogP contribution in [-0.2, 0) is 0 Å². The molecule has 0 aromatic heterocycles. The van der Waals surface area contributed by atoms with Crippen molar-refractivity contribution in [2.75, 3.05) is 51.5 Å². The Morgan fingerprint density at radius 3 is 2.61 bits per heavy atom. The SMILES string of the molecule is [2H]c1c([2H])c(C)c(Cl)c(N2C([2H])([2H])C([2H])([2H])N(C([2H])([2H])C[C@H]3CC[C@H](NC(=O)N(C)C)CC3)C([2H])([2H])C2([2H])[2H])c1[2H]. The lowest BCUT2D eigenvalue weighted by atomic mass is 9.84. The van der Waals surface area contributed by atoms with Gasteiger partial charge in [-0.1, -0.05) is 23.7 Å². The topological polar surface area (TPSA) is 38.8 Å². The summed E-state index contributed by atoms with van der Waals surface area (Å²) in [5, 5.41) is 2.35. The molecule has 28 heavy (non-hydrogen) atoms. The van der Waals surface area contributed by atoms with E-state index in [2.05, 4.69) is 5.32 Å². The van der Waals surface area contributed by atoms with Crippen molar-refractivity contribution in [3.8, 4) is 0 Å². The highest BCUT2D eigenvalue weighted by atomic mass is 35.5. The maximum Gasteiger partial charge on any atom is 0.317 e. The van der Waals surface area contributed by atoms with E-state index in [0.717, 1.165) is 0 Å². The number of amides is 2. The van der Waals surface area contributed by atoms with Crippen LogP contribution >= 0.6 is 11.6 Å². The molecular formula is C22H35ClN4O. The van der Waals surface area contributed by atoms with Crippen LogP contribution in [0.2, 0.25) is 5.02 Å². The molecule has 2 fully saturated rings. The molecule has 0 spiro atoms. The van der Waals surface area contributed by atoms with Gasteiger partial charge >= 0.3 is 6.03 Å². The predicted octanol–water partition coefficient (Wildman–Crippen LogP) is 3.99. The second-order valence-electron chi connectivity index (χ2n) is 7.20. The summed E-state index contributed by atoms with van der Waals surface area (Å²) in [6.45, 7) is -15.6. The molecule has 0 atom stereocenters. The Morgan fingerprint density at radius 1 is 1.29 bits per heavy atom. The first kappa shape index (κ1) is 10.0. The molecule has 1 aliphatic carbocycles. The van der Waals surface area contributed by atoms with Gasteiger partial charge in [0, 0.05) is 54.3 Å². The number of nitrogens with one attached hydrogen (secondary N) is 1. The second kappa shape index (κ2) is 9.84. The fourth-order valence-corrected chi connectivity index (χ4v) is 3.29. The van der Waals surface area contributed by atoms with Crippen molar-refractivity contribution in [2.24, 2.45) is 5.92 Å². The largest absolute Gasteiger partial charge is 0.368 e. The summed E-state index contributed by atoms with van der Waals surface area (Å²) in [7, 11) is 3.20. The van der Waals surface area contributed by atoms with E-state index in [-0.39, 0.29) is 33.4 Å². The van der Waals surface area contributed by atoms with E-state index in [0.29, 0.717) is 25.7 Å². The number of hydrogen-bond donors (Lipinski definition) is 1. The van der Waals surface area contributed by atoms with Crippen LogP contribution in [0.25, 0.3) is 0 Å². The highest BCUT2D eigenvalue weighted by molar-refractivity contribution is 6.34. The molecule has 2 aliphatic rings. The second-order valence-corrected chi connectivity index (χ2v) is 7.58. The Hall–Kier alpha value is -1.46. The molecule has 1 heterocycles. The van der Waals surface area contributed by atoms with Crippen molar-refractivity contribution in [1.29, 1.82) is 0 Å². The van der Waals surface area contributed by atoms with Crippen LogP contribution in [0.15, 0.2) is 18.1 Å². The number of anilines is 1. The van der Waals surface area contributed by atoms with Crippen molar-refractivity contribution >= 4 is 23.3 Å². The van der Waals surface area contributed by atoms with Crippen LogP contribution in [0.1, 0.15) is 55.5 Å². The zero-order valence-electron chi connectivity index (χ0n) is 29.3. The molecule has 1 saturated heterocycles. The van der Waals surface area contributed by atoms with Crippen molar-refractivity contribution in [3.05, 3.63) is 28.7 Å². The normalized spacial score (nSPS) is 38.0. The van der Waals surface area contributed by atoms with E-state index in [1.54, 1.807) is 14.1 Å². The lowest BCUT2D eigenvalue weighted by Crippen LogP contribution is -2.47. The van der Waals surface area contributed by atoms with Crippen molar-refractivity contribution in [1.82, 2.24) is 15.1 Å². The molecule has 6 heteroatoms. The molecule has 2 amide bonds. The summed E-state index contributed by atoms with van der Waals surface area (Å²) in [6.07, 6.45) is 1.42. The fraction of sp³-hybridized carbons (Fsp3) is 0.682. The number of piperazine rings is 1. The van der Waals surface area contributed by atoms with Crippen molar-refractivity contribution in [2.45, 2.75) is 45.1 Å². The average molecular weight is 420 g/mol. The molecule has 1 aromatic rings. The monoisotopic (exact) mass is 419 g/mol. The van der Waals surface area contributed by atoms with Crippen molar-refractivity contribution < 1.29 is 22.6 Å². The fourth-order valence-electron chi connectivity index (χ4n) is 3.11. The molecule has 3 rings (SSSR count). The summed E-state index contributed by atoms with van der Waals surface area (Å²) in [5.41, 5.74) is -0.906. The zero-order valence-corrected chi connectivity index (χ0v) is 17.1. The van der Waals surface area contributed by atoms with E-state index in [4.69, 9.17) is 29.4 Å². The van der Waals surface area contributed by atoms with Gasteiger partial charge in [-0.05, 0) is 63.0 Å². The van der Waals surface area contributed by atoms with Crippen molar-refractivity contribution in [3.63, 3.8) is 0 Å². The summed E-state index contributed by atoms with van der Waals surface area (Å²) < 4.78 is 111. The lowest BCUT2D eigenvalue weighted by molar-refractivity contribution is 0.194. The average Bonchev–Trinajstić information content (AvgIpc) is 2.83. The third-order valence-corrected chi connectivity index (χ3v) is 5.32. The molecule has 0 unspecified atom stereocenters. The minimum absolute atomic E-state index is 0.0335. The molecular weight excluding hydrogens is 372 g/mol. The third-order valence-electron chi connectivity index (χ3n) is 4.86. The summed E-state index contributed by atoms with van der Waals surface area (Å²) in [6, 6.07) is -2.51. The van der Waals surface area contributed by atoms with Gasteiger partial charge in [0.2, 0.25) is 0 Å².